The van der Waals surface area contributed by atoms with Crippen LogP contribution in [0.3, 0.4) is 0 Å². The number of esters is 1. The summed E-state index contributed by atoms with van der Waals surface area (Å²) < 4.78 is 5.72. The molecule has 25 heavy (non-hydrogen) atoms. The Morgan fingerprint density at radius 2 is 1.24 bits per heavy atom. The average Bonchev–Trinajstić information content (AvgIpc) is 2.57. The molecule has 0 aromatic heterocycles. The Labute approximate surface area is 175 Å². The third-order valence-electron chi connectivity index (χ3n) is 4.40. The molecule has 0 unspecified atom stereocenters. The Morgan fingerprint density at radius 1 is 0.840 bits per heavy atom. The summed E-state index contributed by atoms with van der Waals surface area (Å²) in [6, 6.07) is 1.47. The molecule has 0 aromatic rings. The third-order valence-corrected chi connectivity index (χ3v) is 8.49. The number of hydrogen-bond acceptors (Lipinski definition) is 2. The monoisotopic (exact) mass is 496 g/mol. The molecule has 0 aromatic carbocycles. The molecule has 148 valence electrons. The van der Waals surface area contributed by atoms with Crippen LogP contribution in [-0.4, -0.2) is 25.5 Å². The van der Waals surface area contributed by atoms with Crippen molar-refractivity contribution in [3.05, 3.63) is 12.2 Å². The summed E-state index contributed by atoms with van der Waals surface area (Å²) in [7, 11) is 0.0837. The second kappa shape index (κ2) is 19.2. The Bertz CT molecular complexity index is 336. The van der Waals surface area contributed by atoms with Crippen LogP contribution in [0.15, 0.2) is 12.2 Å². The van der Waals surface area contributed by atoms with Crippen molar-refractivity contribution < 1.29 is 9.53 Å². The van der Waals surface area contributed by atoms with Crippen molar-refractivity contribution >= 4 is 47.3 Å². The standard InChI is InChI=1S/C20H38Br2O2Si/c1-18(2)19(23)24-16-14-12-10-8-6-4-3-5-7-9-11-13-15-17-25-20(21)22/h20H,1,3-17,25H2,2H3. The molecule has 0 N–H and O–H groups in total. The van der Waals surface area contributed by atoms with E-state index in [1.165, 1.54) is 76.7 Å². The average molecular weight is 498 g/mol. The number of carbonyl (C=O) groups excluding carboxylic acids is 1. The highest BCUT2D eigenvalue weighted by molar-refractivity contribution is 9.25. The van der Waals surface area contributed by atoms with E-state index in [2.05, 4.69) is 38.4 Å². The first-order valence-electron chi connectivity index (χ1n) is 10.1. The van der Waals surface area contributed by atoms with Gasteiger partial charge in [-0.3, -0.25) is 0 Å². The zero-order valence-corrected chi connectivity index (χ0v) is 20.8. The molecule has 0 fully saturated rings. The number of hydrogen-bond donors (Lipinski definition) is 0. The van der Waals surface area contributed by atoms with E-state index < -0.39 is 0 Å². The number of alkyl halides is 2. The van der Waals surface area contributed by atoms with Crippen LogP contribution >= 0.6 is 31.9 Å². The molecule has 0 bridgehead atoms. The molecule has 0 aliphatic heterocycles. The normalized spacial score (nSPS) is 11.5. The van der Waals surface area contributed by atoms with E-state index in [4.69, 9.17) is 4.74 Å². The molecule has 0 aliphatic rings. The minimum absolute atomic E-state index is 0.0837. The first-order chi connectivity index (χ1) is 12.0. The van der Waals surface area contributed by atoms with Crippen molar-refractivity contribution in [2.75, 3.05) is 6.61 Å². The lowest BCUT2D eigenvalue weighted by atomic mass is 10.0. The van der Waals surface area contributed by atoms with Gasteiger partial charge in [-0.2, -0.15) is 0 Å². The van der Waals surface area contributed by atoms with Crippen LogP contribution in [0.1, 0.15) is 90.4 Å². The second-order valence-electron chi connectivity index (χ2n) is 7.05. The molecule has 0 heterocycles. The van der Waals surface area contributed by atoms with Crippen LogP contribution in [0.4, 0.5) is 0 Å². The highest BCUT2D eigenvalue weighted by Crippen LogP contribution is 2.14. The fourth-order valence-electron chi connectivity index (χ4n) is 2.81. The smallest absolute Gasteiger partial charge is 0.333 e. The summed E-state index contributed by atoms with van der Waals surface area (Å²) in [6.45, 7) is 5.81. The zero-order valence-electron chi connectivity index (χ0n) is 16.2. The fourth-order valence-corrected chi connectivity index (χ4v) is 5.70. The van der Waals surface area contributed by atoms with E-state index in [-0.39, 0.29) is 15.5 Å². The first kappa shape index (κ1) is 25.4. The molecule has 5 heteroatoms. The maximum atomic E-state index is 11.2. The van der Waals surface area contributed by atoms with Gasteiger partial charge in [0.2, 0.25) is 0 Å². The van der Waals surface area contributed by atoms with Gasteiger partial charge in [0.15, 0.2) is 0 Å². The minimum Gasteiger partial charge on any atom is -0.462 e. The molecule has 0 radical (unpaired) electrons. The molecule has 0 saturated heterocycles. The molecule has 0 aliphatic carbocycles. The van der Waals surface area contributed by atoms with Crippen LogP contribution in [-0.2, 0) is 9.53 Å². The lowest BCUT2D eigenvalue weighted by Gasteiger charge is -2.05. The summed E-state index contributed by atoms with van der Waals surface area (Å²) in [5.41, 5.74) is 0.490. The predicted octanol–water partition coefficient (Wildman–Crippen LogP) is 6.84. The molecule has 0 rings (SSSR count). The molecule has 0 saturated carbocycles. The minimum atomic E-state index is -0.256. The van der Waals surface area contributed by atoms with Gasteiger partial charge in [0, 0.05) is 15.1 Å². The van der Waals surface area contributed by atoms with E-state index in [0.29, 0.717) is 15.5 Å². The van der Waals surface area contributed by atoms with E-state index in [1.807, 2.05) is 0 Å². The first-order valence-corrected chi connectivity index (χ1v) is 13.8. The number of rotatable bonds is 18. The van der Waals surface area contributed by atoms with Crippen molar-refractivity contribution in [2.45, 2.75) is 99.8 Å². The summed E-state index contributed by atoms with van der Waals surface area (Å²) in [6.07, 6.45) is 17.4. The van der Waals surface area contributed by atoms with E-state index in [9.17, 15) is 4.79 Å². The second-order valence-corrected chi connectivity index (χ2v) is 15.0. The highest BCUT2D eigenvalue weighted by atomic mass is 79.9. The molecule has 0 atom stereocenters. The van der Waals surface area contributed by atoms with Crippen LogP contribution < -0.4 is 0 Å². The van der Waals surface area contributed by atoms with Gasteiger partial charge in [-0.1, -0.05) is 122 Å². The van der Waals surface area contributed by atoms with E-state index in [0.717, 1.165) is 12.8 Å². The Morgan fingerprint density at radius 3 is 1.64 bits per heavy atom. The van der Waals surface area contributed by atoms with Gasteiger partial charge in [0.05, 0.1) is 9.97 Å². The molecule has 0 spiro atoms. The fraction of sp³-hybridized carbons (Fsp3) is 0.850. The van der Waals surface area contributed by atoms with Crippen molar-refractivity contribution in [3.8, 4) is 0 Å². The maximum absolute atomic E-state index is 11.2. The van der Waals surface area contributed by atoms with Crippen molar-refractivity contribution in [1.82, 2.24) is 0 Å². The van der Waals surface area contributed by atoms with E-state index >= 15 is 0 Å². The van der Waals surface area contributed by atoms with Gasteiger partial charge < -0.3 is 4.74 Å². The lowest BCUT2D eigenvalue weighted by molar-refractivity contribution is -0.139. The number of ether oxygens (including phenoxy) is 1. The van der Waals surface area contributed by atoms with Crippen molar-refractivity contribution in [2.24, 2.45) is 0 Å². The summed E-state index contributed by atoms with van der Waals surface area (Å²) in [4.78, 5) is 11.2. The third kappa shape index (κ3) is 20.6. The van der Waals surface area contributed by atoms with E-state index in [1.54, 1.807) is 6.92 Å². The van der Waals surface area contributed by atoms with Crippen LogP contribution in [0.5, 0.6) is 0 Å². The van der Waals surface area contributed by atoms with Crippen molar-refractivity contribution in [1.29, 1.82) is 0 Å². The number of unbranched alkanes of at least 4 members (excludes halogenated alkanes) is 12. The molecular weight excluding hydrogens is 460 g/mol. The van der Waals surface area contributed by atoms with Gasteiger partial charge in [0.1, 0.15) is 0 Å². The van der Waals surface area contributed by atoms with Gasteiger partial charge in [0.25, 0.3) is 0 Å². The van der Waals surface area contributed by atoms with Crippen LogP contribution in [0.2, 0.25) is 6.04 Å². The SMILES string of the molecule is C=C(C)C(=O)OCCCCCCCCCCCCCCC[SiH2]C(Br)Br. The molecular formula is C20H38Br2O2Si. The summed E-state index contributed by atoms with van der Waals surface area (Å²) >= 11 is 7.17. The summed E-state index contributed by atoms with van der Waals surface area (Å²) in [5, 5.41) is 0. The van der Waals surface area contributed by atoms with Crippen LogP contribution in [0, 0.1) is 0 Å². The van der Waals surface area contributed by atoms with Crippen molar-refractivity contribution in [3.63, 3.8) is 0 Å². The number of carbonyl (C=O) groups is 1. The Hall–Kier alpha value is 0.387. The van der Waals surface area contributed by atoms with Gasteiger partial charge in [-0.25, -0.2) is 4.79 Å². The van der Waals surface area contributed by atoms with Crippen LogP contribution in [0.25, 0.3) is 0 Å². The Balaban J connectivity index is 3.07. The van der Waals surface area contributed by atoms with Gasteiger partial charge in [-0.05, 0) is 13.3 Å². The molecule has 0 amide bonds. The summed E-state index contributed by atoms with van der Waals surface area (Å²) in [5.74, 6) is -0.256. The lowest BCUT2D eigenvalue weighted by Crippen LogP contribution is -2.05. The zero-order chi connectivity index (χ0) is 18.8. The topological polar surface area (TPSA) is 26.3 Å². The quantitative estimate of drug-likeness (QED) is 0.0680. The van der Waals surface area contributed by atoms with Gasteiger partial charge in [-0.15, -0.1) is 0 Å². The predicted molar refractivity (Wildman–Crippen MR) is 121 cm³/mol. The largest absolute Gasteiger partial charge is 0.462 e. The molecule has 2 nitrogen and oxygen atoms in total. The highest BCUT2D eigenvalue weighted by Gasteiger charge is 2.01. The maximum Gasteiger partial charge on any atom is 0.333 e. The Kier molecular flexibility index (Phi) is 19.5. The van der Waals surface area contributed by atoms with Gasteiger partial charge >= 0.3 is 5.97 Å². The number of halogens is 2.